The number of carbonyl (C=O) groups excluding carboxylic acids is 2. The Morgan fingerprint density at radius 1 is 1.08 bits per heavy atom. The number of benzene rings is 1. The van der Waals surface area contributed by atoms with Gasteiger partial charge in [0.15, 0.2) is 0 Å². The summed E-state index contributed by atoms with van der Waals surface area (Å²) in [7, 11) is 0. The lowest BCUT2D eigenvalue weighted by atomic mass is 9.90. The summed E-state index contributed by atoms with van der Waals surface area (Å²) in [6, 6.07) is 7.33. The highest BCUT2D eigenvalue weighted by Crippen LogP contribution is 2.35. The van der Waals surface area contributed by atoms with Crippen LogP contribution >= 0.6 is 27.3 Å². The first-order chi connectivity index (χ1) is 12.6. The maximum atomic E-state index is 12.0. The average molecular weight is 437 g/mol. The molecule has 1 aromatic carbocycles. The molecule has 0 unspecified atom stereocenters. The molecular weight excluding hydrogens is 416 g/mol. The summed E-state index contributed by atoms with van der Waals surface area (Å²) in [5.74, 6) is 0.0574. The first-order valence-electron chi connectivity index (χ1n) is 8.79. The molecule has 0 atom stereocenters. The Morgan fingerprint density at radius 2 is 1.81 bits per heavy atom. The van der Waals surface area contributed by atoms with Crippen LogP contribution in [-0.4, -0.2) is 22.0 Å². The zero-order valence-electron chi connectivity index (χ0n) is 14.3. The molecule has 1 fully saturated rings. The lowest BCUT2D eigenvalue weighted by Crippen LogP contribution is -2.17. The van der Waals surface area contributed by atoms with Crippen molar-refractivity contribution >= 4 is 49.9 Å². The Bertz CT molecular complexity index is 774. The van der Waals surface area contributed by atoms with E-state index in [0.29, 0.717) is 16.7 Å². The van der Waals surface area contributed by atoms with Gasteiger partial charge in [0.25, 0.3) is 0 Å². The van der Waals surface area contributed by atoms with E-state index in [1.165, 1.54) is 30.6 Å². The van der Waals surface area contributed by atoms with Gasteiger partial charge in [-0.1, -0.05) is 52.6 Å². The summed E-state index contributed by atoms with van der Waals surface area (Å²) >= 11 is 4.80. The number of amides is 2. The van der Waals surface area contributed by atoms with Gasteiger partial charge in [-0.15, -0.1) is 10.2 Å². The molecule has 2 N–H and O–H groups in total. The van der Waals surface area contributed by atoms with Gasteiger partial charge in [0.05, 0.1) is 0 Å². The van der Waals surface area contributed by atoms with Crippen molar-refractivity contribution in [3.8, 4) is 0 Å². The minimum absolute atomic E-state index is 0.109. The SMILES string of the molecule is O=C(CCC(=O)Nc1nnc(C2CCCCC2)s1)Nc1cccc(Br)c1. The van der Waals surface area contributed by atoms with Gasteiger partial charge < -0.3 is 10.6 Å². The molecule has 138 valence electrons. The summed E-state index contributed by atoms with van der Waals surface area (Å²) in [6.07, 6.45) is 6.29. The van der Waals surface area contributed by atoms with Crippen LogP contribution in [0.2, 0.25) is 0 Å². The Kier molecular flexibility index (Phi) is 6.73. The number of hydrogen-bond donors (Lipinski definition) is 2. The van der Waals surface area contributed by atoms with Gasteiger partial charge in [0, 0.05) is 28.9 Å². The van der Waals surface area contributed by atoms with Crippen molar-refractivity contribution < 1.29 is 9.59 Å². The highest BCUT2D eigenvalue weighted by atomic mass is 79.9. The van der Waals surface area contributed by atoms with E-state index in [1.54, 1.807) is 6.07 Å². The first-order valence-corrected chi connectivity index (χ1v) is 10.4. The molecule has 26 heavy (non-hydrogen) atoms. The molecule has 3 rings (SSSR count). The Labute approximate surface area is 164 Å². The minimum atomic E-state index is -0.222. The number of hydrogen-bond acceptors (Lipinski definition) is 5. The first kappa shape index (κ1) is 19.0. The standard InChI is InChI=1S/C18H21BrN4O2S/c19-13-7-4-8-14(11-13)20-15(24)9-10-16(25)21-18-23-22-17(26-18)12-5-2-1-3-6-12/h4,7-8,11-12H,1-3,5-6,9-10H2,(H,20,24)(H,21,23,25). The van der Waals surface area contributed by atoms with Gasteiger partial charge in [0.2, 0.25) is 16.9 Å². The fourth-order valence-electron chi connectivity index (χ4n) is 3.00. The van der Waals surface area contributed by atoms with Gasteiger partial charge >= 0.3 is 0 Å². The van der Waals surface area contributed by atoms with E-state index in [1.807, 2.05) is 18.2 Å². The van der Waals surface area contributed by atoms with Gasteiger partial charge in [-0.05, 0) is 31.0 Å². The third kappa shape index (κ3) is 5.60. The third-order valence-corrected chi connectivity index (χ3v) is 5.82. The Hall–Kier alpha value is -1.80. The van der Waals surface area contributed by atoms with Crippen molar-refractivity contribution in [2.75, 3.05) is 10.6 Å². The van der Waals surface area contributed by atoms with Crippen LogP contribution in [0.4, 0.5) is 10.8 Å². The molecule has 0 aliphatic heterocycles. The smallest absolute Gasteiger partial charge is 0.226 e. The highest BCUT2D eigenvalue weighted by Gasteiger charge is 2.20. The molecule has 1 saturated carbocycles. The summed E-state index contributed by atoms with van der Waals surface area (Å²) in [4.78, 5) is 24.0. The molecule has 1 aliphatic rings. The van der Waals surface area contributed by atoms with Crippen LogP contribution in [0.1, 0.15) is 55.9 Å². The third-order valence-electron chi connectivity index (χ3n) is 4.33. The molecule has 1 heterocycles. The number of nitrogens with one attached hydrogen (secondary N) is 2. The number of halogens is 1. The molecule has 8 heteroatoms. The number of carbonyl (C=O) groups is 2. The van der Waals surface area contributed by atoms with Crippen LogP contribution in [-0.2, 0) is 9.59 Å². The van der Waals surface area contributed by atoms with Crippen LogP contribution in [0.15, 0.2) is 28.7 Å². The van der Waals surface area contributed by atoms with Crippen molar-refractivity contribution in [2.24, 2.45) is 0 Å². The van der Waals surface area contributed by atoms with Gasteiger partial charge in [-0.3, -0.25) is 9.59 Å². The van der Waals surface area contributed by atoms with E-state index in [2.05, 4.69) is 36.8 Å². The van der Waals surface area contributed by atoms with Crippen LogP contribution in [0, 0.1) is 0 Å². The summed E-state index contributed by atoms with van der Waals surface area (Å²) in [5, 5.41) is 15.3. The molecule has 1 aliphatic carbocycles. The maximum absolute atomic E-state index is 12.0. The Morgan fingerprint density at radius 3 is 2.54 bits per heavy atom. The number of nitrogens with zero attached hydrogens (tertiary/aromatic N) is 2. The number of aromatic nitrogens is 2. The predicted octanol–water partition coefficient (Wildman–Crippen LogP) is 4.71. The molecule has 2 aromatic rings. The fourth-order valence-corrected chi connectivity index (χ4v) is 4.33. The van der Waals surface area contributed by atoms with Crippen molar-refractivity contribution in [3.63, 3.8) is 0 Å². The zero-order valence-corrected chi connectivity index (χ0v) is 16.7. The predicted molar refractivity (Wildman–Crippen MR) is 106 cm³/mol. The molecule has 2 amide bonds. The van der Waals surface area contributed by atoms with Crippen molar-refractivity contribution in [1.29, 1.82) is 0 Å². The highest BCUT2D eigenvalue weighted by molar-refractivity contribution is 9.10. The quantitative estimate of drug-likeness (QED) is 0.686. The van der Waals surface area contributed by atoms with Crippen molar-refractivity contribution in [2.45, 2.75) is 50.9 Å². The van der Waals surface area contributed by atoms with Crippen LogP contribution in [0.3, 0.4) is 0 Å². The van der Waals surface area contributed by atoms with E-state index in [0.717, 1.165) is 22.3 Å². The molecule has 0 saturated heterocycles. The molecule has 0 radical (unpaired) electrons. The van der Waals surface area contributed by atoms with Crippen molar-refractivity contribution in [3.05, 3.63) is 33.7 Å². The minimum Gasteiger partial charge on any atom is -0.326 e. The summed E-state index contributed by atoms with van der Waals surface area (Å²) in [5.41, 5.74) is 0.700. The molecular formula is C18H21BrN4O2S. The molecule has 1 aromatic heterocycles. The second kappa shape index (κ2) is 9.23. The van der Waals surface area contributed by atoms with Gasteiger partial charge in [0.1, 0.15) is 5.01 Å². The molecule has 6 nitrogen and oxygen atoms in total. The Balaban J connectivity index is 1.44. The molecule has 0 bridgehead atoms. The summed E-state index contributed by atoms with van der Waals surface area (Å²) < 4.78 is 0.887. The van der Waals surface area contributed by atoms with E-state index < -0.39 is 0 Å². The largest absolute Gasteiger partial charge is 0.326 e. The van der Waals surface area contributed by atoms with E-state index in [4.69, 9.17) is 0 Å². The zero-order chi connectivity index (χ0) is 18.4. The van der Waals surface area contributed by atoms with Crippen LogP contribution < -0.4 is 10.6 Å². The van der Waals surface area contributed by atoms with Crippen LogP contribution in [0.25, 0.3) is 0 Å². The van der Waals surface area contributed by atoms with Crippen LogP contribution in [0.5, 0.6) is 0 Å². The second-order valence-corrected chi connectivity index (χ2v) is 8.31. The van der Waals surface area contributed by atoms with E-state index in [9.17, 15) is 9.59 Å². The topological polar surface area (TPSA) is 84.0 Å². The van der Waals surface area contributed by atoms with E-state index in [-0.39, 0.29) is 24.7 Å². The number of anilines is 2. The second-order valence-electron chi connectivity index (χ2n) is 6.39. The van der Waals surface area contributed by atoms with Crippen molar-refractivity contribution in [1.82, 2.24) is 10.2 Å². The molecule has 0 spiro atoms. The lowest BCUT2D eigenvalue weighted by molar-refractivity contribution is -0.121. The van der Waals surface area contributed by atoms with Gasteiger partial charge in [-0.25, -0.2) is 0 Å². The fraction of sp³-hybridized carbons (Fsp3) is 0.444. The average Bonchev–Trinajstić information content (AvgIpc) is 3.09. The lowest BCUT2D eigenvalue weighted by Gasteiger charge is -2.18. The maximum Gasteiger partial charge on any atom is 0.226 e. The number of rotatable bonds is 6. The monoisotopic (exact) mass is 436 g/mol. The van der Waals surface area contributed by atoms with E-state index >= 15 is 0 Å². The summed E-state index contributed by atoms with van der Waals surface area (Å²) in [6.45, 7) is 0. The van der Waals surface area contributed by atoms with Gasteiger partial charge in [-0.2, -0.15) is 0 Å². The normalized spacial score (nSPS) is 14.8.